The van der Waals surface area contributed by atoms with Crippen LogP contribution in [0.15, 0.2) is 42.5 Å². The van der Waals surface area contributed by atoms with Gasteiger partial charge >= 0.3 is 5.97 Å². The van der Waals surface area contributed by atoms with Crippen LogP contribution < -0.4 is 5.32 Å². The molecule has 0 aliphatic carbocycles. The molecule has 0 saturated carbocycles. The van der Waals surface area contributed by atoms with E-state index in [1.165, 1.54) is 37.3 Å². The second-order valence-electron chi connectivity index (χ2n) is 5.02. The van der Waals surface area contributed by atoms with Gasteiger partial charge in [0.25, 0.3) is 5.91 Å². The summed E-state index contributed by atoms with van der Waals surface area (Å²) in [4.78, 5) is 24.0. The van der Waals surface area contributed by atoms with E-state index in [4.69, 9.17) is 27.9 Å². The van der Waals surface area contributed by atoms with E-state index in [0.29, 0.717) is 5.02 Å². The number of hydrogen-bond donors (Lipinski definition) is 1. The smallest absolute Gasteiger partial charge is 0.340 e. The lowest BCUT2D eigenvalue weighted by Crippen LogP contribution is -2.35. The third kappa shape index (κ3) is 4.94. The van der Waals surface area contributed by atoms with Crippen LogP contribution in [0.4, 0.5) is 4.39 Å². The van der Waals surface area contributed by atoms with Crippen LogP contribution in [0, 0.1) is 5.82 Å². The molecule has 0 aliphatic rings. The molecule has 0 fully saturated rings. The molecule has 2 rings (SSSR count). The maximum atomic E-state index is 12.8. The Labute approximate surface area is 148 Å². The molecule has 1 N–H and O–H groups in total. The number of amides is 1. The van der Waals surface area contributed by atoms with Crippen LogP contribution in [0.3, 0.4) is 0 Å². The Hall–Kier alpha value is -2.11. The summed E-state index contributed by atoms with van der Waals surface area (Å²) in [5.74, 6) is -1.55. The minimum Gasteiger partial charge on any atom is -0.449 e. The van der Waals surface area contributed by atoms with Gasteiger partial charge in [-0.15, -0.1) is 0 Å². The molecule has 2 aromatic carbocycles. The zero-order chi connectivity index (χ0) is 17.7. The first kappa shape index (κ1) is 18.2. The minimum absolute atomic E-state index is 0.124. The Balaban J connectivity index is 1.90. The van der Waals surface area contributed by atoms with E-state index < -0.39 is 18.0 Å². The molecular weight excluding hydrogens is 356 g/mol. The van der Waals surface area contributed by atoms with E-state index in [9.17, 15) is 14.0 Å². The lowest BCUT2D eigenvalue weighted by Gasteiger charge is -2.14. The molecule has 1 atom stereocenters. The lowest BCUT2D eigenvalue weighted by atomic mass is 10.2. The Bertz CT molecular complexity index is 750. The fourth-order valence-electron chi connectivity index (χ4n) is 1.87. The number of esters is 1. The summed E-state index contributed by atoms with van der Waals surface area (Å²) in [6.45, 7) is 1.64. The van der Waals surface area contributed by atoms with Gasteiger partial charge < -0.3 is 10.1 Å². The first-order chi connectivity index (χ1) is 11.4. The molecule has 24 heavy (non-hydrogen) atoms. The Morgan fingerprint density at radius 1 is 1.17 bits per heavy atom. The predicted octanol–water partition coefficient (Wildman–Crippen LogP) is 3.99. The van der Waals surface area contributed by atoms with E-state index in [1.54, 1.807) is 12.1 Å². The fraction of sp³-hybridized carbons (Fsp3) is 0.176. The Morgan fingerprint density at radius 3 is 2.46 bits per heavy atom. The van der Waals surface area contributed by atoms with Crippen molar-refractivity contribution >= 4 is 35.1 Å². The zero-order valence-corrected chi connectivity index (χ0v) is 14.2. The summed E-state index contributed by atoms with van der Waals surface area (Å²) in [6.07, 6.45) is -1.01. The highest BCUT2D eigenvalue weighted by atomic mass is 35.5. The second-order valence-corrected chi connectivity index (χ2v) is 5.86. The Morgan fingerprint density at radius 2 is 1.83 bits per heavy atom. The molecule has 0 spiro atoms. The van der Waals surface area contributed by atoms with Gasteiger partial charge in [0.15, 0.2) is 6.10 Å². The van der Waals surface area contributed by atoms with E-state index in [0.717, 1.165) is 5.56 Å². The fourth-order valence-corrected chi connectivity index (χ4v) is 2.35. The molecule has 0 unspecified atom stereocenters. The predicted molar refractivity (Wildman–Crippen MR) is 89.6 cm³/mol. The first-order valence-corrected chi connectivity index (χ1v) is 7.80. The third-order valence-corrected chi connectivity index (χ3v) is 3.73. The molecule has 0 heterocycles. The summed E-state index contributed by atoms with van der Waals surface area (Å²) in [7, 11) is 0. The van der Waals surface area contributed by atoms with E-state index in [1.807, 2.05) is 0 Å². The molecule has 126 valence electrons. The summed E-state index contributed by atoms with van der Waals surface area (Å²) in [6, 6.07) is 10.1. The molecule has 0 aromatic heterocycles. The van der Waals surface area contributed by atoms with Crippen molar-refractivity contribution in [1.29, 1.82) is 0 Å². The summed E-state index contributed by atoms with van der Waals surface area (Å²) in [5.41, 5.74) is 0.850. The molecular formula is C17H14Cl2FNO3. The summed E-state index contributed by atoms with van der Waals surface area (Å²) < 4.78 is 17.9. The number of carbonyl (C=O) groups excluding carboxylic acids is 2. The van der Waals surface area contributed by atoms with Gasteiger partial charge in [0, 0.05) is 11.6 Å². The SMILES string of the molecule is C[C@H](OC(=O)c1ccc(Cl)cc1Cl)C(=O)NCc1ccc(F)cc1. The number of halogens is 3. The average Bonchev–Trinajstić information content (AvgIpc) is 2.53. The van der Waals surface area contributed by atoms with Crippen LogP contribution in [0.5, 0.6) is 0 Å². The van der Waals surface area contributed by atoms with Gasteiger partial charge in [-0.2, -0.15) is 0 Å². The normalized spacial score (nSPS) is 11.7. The summed E-state index contributed by atoms with van der Waals surface area (Å²) >= 11 is 11.7. The third-order valence-electron chi connectivity index (χ3n) is 3.18. The van der Waals surface area contributed by atoms with Gasteiger partial charge in [0.1, 0.15) is 5.82 Å². The number of carbonyl (C=O) groups is 2. The van der Waals surface area contributed by atoms with Crippen LogP contribution >= 0.6 is 23.2 Å². The molecule has 0 bridgehead atoms. The van der Waals surface area contributed by atoms with Crippen molar-refractivity contribution in [3.05, 3.63) is 69.5 Å². The topological polar surface area (TPSA) is 55.4 Å². The van der Waals surface area contributed by atoms with E-state index in [-0.39, 0.29) is 22.9 Å². The second kappa shape index (κ2) is 8.13. The quantitative estimate of drug-likeness (QED) is 0.810. The highest BCUT2D eigenvalue weighted by molar-refractivity contribution is 6.36. The molecule has 0 radical (unpaired) electrons. The van der Waals surface area contributed by atoms with Crippen LogP contribution in [0.25, 0.3) is 0 Å². The maximum absolute atomic E-state index is 12.8. The van der Waals surface area contributed by atoms with E-state index in [2.05, 4.69) is 5.32 Å². The van der Waals surface area contributed by atoms with Gasteiger partial charge in [0.2, 0.25) is 0 Å². The van der Waals surface area contributed by atoms with Gasteiger partial charge in [-0.1, -0.05) is 35.3 Å². The van der Waals surface area contributed by atoms with E-state index >= 15 is 0 Å². The largest absolute Gasteiger partial charge is 0.449 e. The molecule has 2 aromatic rings. The van der Waals surface area contributed by atoms with Crippen molar-refractivity contribution in [2.45, 2.75) is 19.6 Å². The number of hydrogen-bond acceptors (Lipinski definition) is 3. The highest BCUT2D eigenvalue weighted by Gasteiger charge is 2.20. The van der Waals surface area contributed by atoms with Crippen LogP contribution in [0.1, 0.15) is 22.8 Å². The monoisotopic (exact) mass is 369 g/mol. The van der Waals surface area contributed by atoms with Crippen molar-refractivity contribution in [2.24, 2.45) is 0 Å². The first-order valence-electron chi connectivity index (χ1n) is 7.05. The number of rotatable bonds is 5. The van der Waals surface area contributed by atoms with Crippen molar-refractivity contribution in [3.8, 4) is 0 Å². The zero-order valence-electron chi connectivity index (χ0n) is 12.7. The maximum Gasteiger partial charge on any atom is 0.340 e. The minimum atomic E-state index is -1.01. The van der Waals surface area contributed by atoms with Crippen molar-refractivity contribution in [3.63, 3.8) is 0 Å². The molecule has 0 aliphatic heterocycles. The van der Waals surface area contributed by atoms with Crippen LogP contribution in [-0.2, 0) is 16.1 Å². The highest BCUT2D eigenvalue weighted by Crippen LogP contribution is 2.22. The number of ether oxygens (including phenoxy) is 1. The number of nitrogens with one attached hydrogen (secondary N) is 1. The number of benzene rings is 2. The van der Waals surface area contributed by atoms with Crippen molar-refractivity contribution in [2.75, 3.05) is 0 Å². The van der Waals surface area contributed by atoms with Gasteiger partial charge in [0.05, 0.1) is 10.6 Å². The van der Waals surface area contributed by atoms with Crippen LogP contribution in [-0.4, -0.2) is 18.0 Å². The average molecular weight is 370 g/mol. The van der Waals surface area contributed by atoms with Gasteiger partial charge in [-0.25, -0.2) is 9.18 Å². The standard InChI is InChI=1S/C17H14Cl2FNO3/c1-10(16(22)21-9-11-2-5-13(20)6-3-11)24-17(23)14-7-4-12(18)8-15(14)19/h2-8,10H,9H2,1H3,(H,21,22)/t10-/m0/s1. The molecule has 0 saturated heterocycles. The van der Waals surface area contributed by atoms with Gasteiger partial charge in [-0.3, -0.25) is 4.79 Å². The van der Waals surface area contributed by atoms with Gasteiger partial charge in [-0.05, 0) is 42.8 Å². The molecule has 1 amide bonds. The lowest BCUT2D eigenvalue weighted by molar-refractivity contribution is -0.129. The van der Waals surface area contributed by atoms with Crippen molar-refractivity contribution < 1.29 is 18.7 Å². The Kier molecular flexibility index (Phi) is 6.17. The summed E-state index contributed by atoms with van der Waals surface area (Å²) in [5, 5.41) is 3.14. The van der Waals surface area contributed by atoms with Crippen LogP contribution in [0.2, 0.25) is 10.0 Å². The molecule has 4 nitrogen and oxygen atoms in total. The van der Waals surface area contributed by atoms with Crippen molar-refractivity contribution in [1.82, 2.24) is 5.32 Å². The molecule has 7 heteroatoms.